The summed E-state index contributed by atoms with van der Waals surface area (Å²) in [5, 5.41) is 18.8. The van der Waals surface area contributed by atoms with Gasteiger partial charge in [0, 0.05) is 0 Å². The summed E-state index contributed by atoms with van der Waals surface area (Å²) < 4.78 is 5.68. The van der Waals surface area contributed by atoms with Crippen LogP contribution in [0.5, 0.6) is 11.5 Å². The molecule has 2 rings (SSSR count). The molecule has 0 spiro atoms. The molecule has 0 saturated heterocycles. The lowest BCUT2D eigenvalue weighted by molar-refractivity contribution is 0.199. The van der Waals surface area contributed by atoms with Crippen LogP contribution >= 0.6 is 0 Å². The number of hydrogen-bond donors (Lipinski definition) is 2. The SMILES string of the molecule is CC(O)c1ccc(Oc2ccc(C(C)O)cc2)cc1. The summed E-state index contributed by atoms with van der Waals surface area (Å²) in [4.78, 5) is 0. The number of aliphatic hydroxyl groups is 2. The van der Waals surface area contributed by atoms with Crippen molar-refractivity contribution in [3.05, 3.63) is 59.7 Å². The molecular weight excluding hydrogens is 240 g/mol. The van der Waals surface area contributed by atoms with Crippen LogP contribution in [0.15, 0.2) is 48.5 Å². The maximum atomic E-state index is 9.42. The zero-order valence-corrected chi connectivity index (χ0v) is 11.1. The summed E-state index contributed by atoms with van der Waals surface area (Å²) in [5.41, 5.74) is 1.72. The van der Waals surface area contributed by atoms with Crippen molar-refractivity contribution in [3.63, 3.8) is 0 Å². The monoisotopic (exact) mass is 258 g/mol. The molecular formula is C16H18O3. The van der Waals surface area contributed by atoms with Crippen LogP contribution in [0.2, 0.25) is 0 Å². The van der Waals surface area contributed by atoms with E-state index in [9.17, 15) is 10.2 Å². The molecule has 0 fully saturated rings. The Bertz CT molecular complexity index is 463. The molecule has 2 atom stereocenters. The van der Waals surface area contributed by atoms with Crippen molar-refractivity contribution in [2.75, 3.05) is 0 Å². The molecule has 2 N–H and O–H groups in total. The van der Waals surface area contributed by atoms with Crippen LogP contribution in [0.1, 0.15) is 37.2 Å². The van der Waals surface area contributed by atoms with E-state index in [-0.39, 0.29) is 0 Å². The minimum Gasteiger partial charge on any atom is -0.457 e. The van der Waals surface area contributed by atoms with Gasteiger partial charge in [-0.05, 0) is 49.2 Å². The molecule has 0 aromatic heterocycles. The largest absolute Gasteiger partial charge is 0.457 e. The second-order valence-corrected chi connectivity index (χ2v) is 4.59. The van der Waals surface area contributed by atoms with E-state index in [0.29, 0.717) is 11.5 Å². The van der Waals surface area contributed by atoms with E-state index in [0.717, 1.165) is 11.1 Å². The Kier molecular flexibility index (Phi) is 4.20. The Balaban J connectivity index is 2.08. The number of hydrogen-bond acceptors (Lipinski definition) is 3. The van der Waals surface area contributed by atoms with E-state index < -0.39 is 12.2 Å². The third-order valence-electron chi connectivity index (χ3n) is 2.96. The first kappa shape index (κ1) is 13.6. The lowest BCUT2D eigenvalue weighted by Gasteiger charge is -2.09. The molecule has 100 valence electrons. The third kappa shape index (κ3) is 3.56. The summed E-state index contributed by atoms with van der Waals surface area (Å²) in [5.74, 6) is 1.43. The van der Waals surface area contributed by atoms with Gasteiger partial charge in [-0.2, -0.15) is 0 Å². The molecule has 2 aromatic carbocycles. The maximum absolute atomic E-state index is 9.42. The highest BCUT2D eigenvalue weighted by molar-refractivity contribution is 5.35. The van der Waals surface area contributed by atoms with Crippen molar-refractivity contribution in [2.45, 2.75) is 26.1 Å². The van der Waals surface area contributed by atoms with E-state index in [1.807, 2.05) is 48.5 Å². The standard InChI is InChI=1S/C16H18O3/c1-11(17)13-3-7-15(8-4-13)19-16-9-5-14(6-10-16)12(2)18/h3-12,17-18H,1-2H3. The molecule has 0 aliphatic carbocycles. The lowest BCUT2D eigenvalue weighted by atomic mass is 10.1. The van der Waals surface area contributed by atoms with Crippen LogP contribution in [-0.2, 0) is 0 Å². The normalized spacial score (nSPS) is 13.9. The first-order valence-corrected chi connectivity index (χ1v) is 6.30. The van der Waals surface area contributed by atoms with Crippen molar-refractivity contribution in [3.8, 4) is 11.5 Å². The van der Waals surface area contributed by atoms with Crippen molar-refractivity contribution in [1.29, 1.82) is 0 Å². The second-order valence-electron chi connectivity index (χ2n) is 4.59. The molecule has 3 nitrogen and oxygen atoms in total. The van der Waals surface area contributed by atoms with Gasteiger partial charge in [0.2, 0.25) is 0 Å². The van der Waals surface area contributed by atoms with Crippen molar-refractivity contribution >= 4 is 0 Å². The summed E-state index contributed by atoms with van der Waals surface area (Å²) >= 11 is 0. The van der Waals surface area contributed by atoms with Crippen LogP contribution in [0.25, 0.3) is 0 Å². The van der Waals surface area contributed by atoms with E-state index in [2.05, 4.69) is 0 Å². The molecule has 0 bridgehead atoms. The van der Waals surface area contributed by atoms with Gasteiger partial charge in [-0.25, -0.2) is 0 Å². The minimum atomic E-state index is -0.473. The molecule has 2 unspecified atom stereocenters. The fraction of sp³-hybridized carbons (Fsp3) is 0.250. The van der Waals surface area contributed by atoms with Gasteiger partial charge in [0.1, 0.15) is 11.5 Å². The van der Waals surface area contributed by atoms with Crippen LogP contribution in [0.4, 0.5) is 0 Å². The molecule has 0 radical (unpaired) electrons. The predicted molar refractivity (Wildman–Crippen MR) is 74.2 cm³/mol. The molecule has 3 heteroatoms. The number of aliphatic hydroxyl groups excluding tert-OH is 2. The zero-order valence-electron chi connectivity index (χ0n) is 11.1. The Morgan fingerprint density at radius 2 is 1.00 bits per heavy atom. The molecule has 19 heavy (non-hydrogen) atoms. The Hall–Kier alpha value is -1.84. The Morgan fingerprint density at radius 3 is 1.26 bits per heavy atom. The number of ether oxygens (including phenoxy) is 1. The fourth-order valence-corrected chi connectivity index (χ4v) is 1.76. The fourth-order valence-electron chi connectivity index (χ4n) is 1.76. The summed E-state index contributed by atoms with van der Waals surface area (Å²) in [6.07, 6.45) is -0.946. The molecule has 0 heterocycles. The van der Waals surface area contributed by atoms with Crippen molar-refractivity contribution in [1.82, 2.24) is 0 Å². The highest BCUT2D eigenvalue weighted by atomic mass is 16.5. The highest BCUT2D eigenvalue weighted by Crippen LogP contribution is 2.24. The first-order valence-electron chi connectivity index (χ1n) is 6.30. The molecule has 0 aliphatic heterocycles. The van der Waals surface area contributed by atoms with E-state index in [1.54, 1.807) is 13.8 Å². The van der Waals surface area contributed by atoms with Crippen molar-refractivity contribution in [2.24, 2.45) is 0 Å². The van der Waals surface area contributed by atoms with Gasteiger partial charge in [-0.3, -0.25) is 0 Å². The van der Waals surface area contributed by atoms with Crippen LogP contribution in [0.3, 0.4) is 0 Å². The van der Waals surface area contributed by atoms with Gasteiger partial charge in [-0.1, -0.05) is 24.3 Å². The molecule has 2 aromatic rings. The number of rotatable bonds is 4. The van der Waals surface area contributed by atoms with Crippen LogP contribution in [-0.4, -0.2) is 10.2 Å². The Labute approximate surface area is 113 Å². The van der Waals surface area contributed by atoms with Crippen LogP contribution in [0, 0.1) is 0 Å². The van der Waals surface area contributed by atoms with E-state index in [1.165, 1.54) is 0 Å². The van der Waals surface area contributed by atoms with Gasteiger partial charge < -0.3 is 14.9 Å². The number of benzene rings is 2. The van der Waals surface area contributed by atoms with E-state index >= 15 is 0 Å². The average molecular weight is 258 g/mol. The minimum absolute atomic E-state index is 0.473. The van der Waals surface area contributed by atoms with Gasteiger partial charge in [0.25, 0.3) is 0 Å². The molecule has 0 saturated carbocycles. The Morgan fingerprint density at radius 1 is 0.684 bits per heavy atom. The average Bonchev–Trinajstić information content (AvgIpc) is 2.40. The third-order valence-corrected chi connectivity index (χ3v) is 2.96. The molecule has 0 aliphatic rings. The summed E-state index contributed by atoms with van der Waals surface area (Å²) in [7, 11) is 0. The zero-order chi connectivity index (χ0) is 13.8. The maximum Gasteiger partial charge on any atom is 0.127 e. The topological polar surface area (TPSA) is 49.7 Å². The summed E-state index contributed by atoms with van der Waals surface area (Å²) in [6.45, 7) is 3.45. The van der Waals surface area contributed by atoms with E-state index in [4.69, 9.17) is 4.74 Å². The van der Waals surface area contributed by atoms with Crippen LogP contribution < -0.4 is 4.74 Å². The summed E-state index contributed by atoms with van der Waals surface area (Å²) in [6, 6.07) is 14.6. The van der Waals surface area contributed by atoms with Gasteiger partial charge in [0.05, 0.1) is 12.2 Å². The predicted octanol–water partition coefficient (Wildman–Crippen LogP) is 3.59. The highest BCUT2D eigenvalue weighted by Gasteiger charge is 2.03. The van der Waals surface area contributed by atoms with Gasteiger partial charge in [0.15, 0.2) is 0 Å². The van der Waals surface area contributed by atoms with Gasteiger partial charge in [-0.15, -0.1) is 0 Å². The first-order chi connectivity index (χ1) is 9.06. The quantitative estimate of drug-likeness (QED) is 0.881. The molecule has 0 amide bonds. The smallest absolute Gasteiger partial charge is 0.127 e. The second kappa shape index (κ2) is 5.87. The van der Waals surface area contributed by atoms with Crippen molar-refractivity contribution < 1.29 is 14.9 Å². The lowest BCUT2D eigenvalue weighted by Crippen LogP contribution is -1.92. The van der Waals surface area contributed by atoms with Gasteiger partial charge >= 0.3 is 0 Å².